The quantitative estimate of drug-likeness (QED) is 0.492. The molecule has 29 heavy (non-hydrogen) atoms. The number of hydrogen-bond donors (Lipinski definition) is 1. The van der Waals surface area contributed by atoms with Crippen LogP contribution in [0.5, 0.6) is 5.75 Å². The van der Waals surface area contributed by atoms with Crippen molar-refractivity contribution in [3.63, 3.8) is 0 Å². The first-order chi connectivity index (χ1) is 14.2. The van der Waals surface area contributed by atoms with Crippen molar-refractivity contribution in [2.24, 2.45) is 0 Å². The van der Waals surface area contributed by atoms with Gasteiger partial charge in [-0.2, -0.15) is 5.10 Å². The summed E-state index contributed by atoms with van der Waals surface area (Å²) in [5.74, 6) is 1.44. The van der Waals surface area contributed by atoms with Crippen LogP contribution in [0.1, 0.15) is 10.5 Å². The zero-order chi connectivity index (χ0) is 20.2. The molecule has 0 bridgehead atoms. The lowest BCUT2D eigenvalue weighted by atomic mass is 10.1. The molecule has 4 aromatic rings. The highest BCUT2D eigenvalue weighted by molar-refractivity contribution is 5.92. The van der Waals surface area contributed by atoms with Crippen LogP contribution in [0.25, 0.3) is 22.5 Å². The smallest absolute Gasteiger partial charge is 0.271 e. The Morgan fingerprint density at radius 2 is 1.93 bits per heavy atom. The number of nitrogens with zero attached hydrogens (tertiary/aromatic N) is 3. The number of aromatic nitrogens is 3. The van der Waals surface area contributed by atoms with Crippen LogP contribution in [0.2, 0.25) is 0 Å². The number of pyridine rings is 1. The number of methoxy groups -OCH3 is 2. The summed E-state index contributed by atoms with van der Waals surface area (Å²) >= 11 is 0. The molecule has 0 aliphatic carbocycles. The van der Waals surface area contributed by atoms with E-state index in [1.165, 1.54) is 0 Å². The van der Waals surface area contributed by atoms with Gasteiger partial charge in [0.05, 0.1) is 13.7 Å². The maximum absolute atomic E-state index is 12.2. The molecule has 0 aliphatic rings. The van der Waals surface area contributed by atoms with E-state index in [9.17, 15) is 4.79 Å². The molecule has 0 spiro atoms. The Bertz CT molecular complexity index is 1150. The third-order valence-electron chi connectivity index (χ3n) is 4.68. The van der Waals surface area contributed by atoms with E-state index < -0.39 is 0 Å². The van der Waals surface area contributed by atoms with Crippen LogP contribution in [-0.2, 0) is 4.74 Å². The Balaban J connectivity index is 1.66. The van der Waals surface area contributed by atoms with Crippen molar-refractivity contribution in [2.75, 3.05) is 27.4 Å². The maximum Gasteiger partial charge on any atom is 0.271 e. The van der Waals surface area contributed by atoms with E-state index in [4.69, 9.17) is 9.47 Å². The van der Waals surface area contributed by atoms with Crippen LogP contribution in [-0.4, -0.2) is 47.5 Å². The van der Waals surface area contributed by atoms with Crippen LogP contribution in [0.4, 0.5) is 0 Å². The van der Waals surface area contributed by atoms with Crippen molar-refractivity contribution in [3.05, 3.63) is 72.7 Å². The molecule has 3 aromatic heterocycles. The maximum atomic E-state index is 12.2. The molecule has 3 heterocycles. The molecule has 0 saturated carbocycles. The summed E-state index contributed by atoms with van der Waals surface area (Å²) in [5.41, 5.74) is 3.51. The largest absolute Gasteiger partial charge is 0.497 e. The lowest BCUT2D eigenvalue weighted by molar-refractivity contribution is 0.0931. The Kier molecular flexibility index (Phi) is 5.31. The lowest BCUT2D eigenvalue weighted by Gasteiger charge is -2.08. The number of carbonyl (C=O) groups is 1. The molecule has 0 atom stereocenters. The van der Waals surface area contributed by atoms with Crippen molar-refractivity contribution in [1.82, 2.24) is 19.5 Å². The van der Waals surface area contributed by atoms with E-state index in [0.29, 0.717) is 18.8 Å². The molecular weight excluding hydrogens is 368 g/mol. The molecule has 0 fully saturated rings. The number of carbonyl (C=O) groups excluding carboxylic acids is 1. The van der Waals surface area contributed by atoms with Crippen molar-refractivity contribution < 1.29 is 14.3 Å². The molecular formula is C22H22N4O3. The van der Waals surface area contributed by atoms with Gasteiger partial charge >= 0.3 is 0 Å². The third-order valence-corrected chi connectivity index (χ3v) is 4.68. The number of benzene rings is 1. The van der Waals surface area contributed by atoms with Crippen molar-refractivity contribution >= 4 is 11.4 Å². The van der Waals surface area contributed by atoms with Crippen molar-refractivity contribution in [3.8, 4) is 22.7 Å². The molecule has 7 nitrogen and oxygen atoms in total. The first-order valence-electron chi connectivity index (χ1n) is 9.28. The first-order valence-corrected chi connectivity index (χ1v) is 9.28. The average Bonchev–Trinajstić information content (AvgIpc) is 3.40. The number of fused-ring (bicyclic) bond motifs is 1. The molecule has 1 aromatic carbocycles. The van der Waals surface area contributed by atoms with Gasteiger partial charge in [0.25, 0.3) is 5.91 Å². The van der Waals surface area contributed by atoms with Crippen LogP contribution < -0.4 is 10.1 Å². The highest BCUT2D eigenvalue weighted by Crippen LogP contribution is 2.26. The molecule has 148 valence electrons. The summed E-state index contributed by atoms with van der Waals surface area (Å²) in [6.07, 6.45) is 3.84. The second kappa shape index (κ2) is 8.20. The fourth-order valence-electron chi connectivity index (χ4n) is 3.18. The molecule has 0 aliphatic heterocycles. The number of ether oxygens (including phenoxy) is 2. The van der Waals surface area contributed by atoms with Gasteiger partial charge in [0.15, 0.2) is 5.69 Å². The fourth-order valence-corrected chi connectivity index (χ4v) is 3.18. The summed E-state index contributed by atoms with van der Waals surface area (Å²) < 4.78 is 14.0. The standard InChI is InChI=1S/C22H22N4O3/c1-28-13-11-23-22(27)20-10-12-26(24-20)21-9-8-18-7-6-17(15-25(18)21)16-4-3-5-19(14-16)29-2/h3-10,12,14-15H,11,13H2,1-2H3,(H,23,27). The van der Waals surface area contributed by atoms with Gasteiger partial charge in [-0.25, -0.2) is 4.68 Å². The van der Waals surface area contributed by atoms with Gasteiger partial charge in [-0.3, -0.25) is 4.79 Å². The van der Waals surface area contributed by atoms with Crippen LogP contribution in [0.3, 0.4) is 0 Å². The molecule has 0 radical (unpaired) electrons. The Hall–Kier alpha value is -3.58. The molecule has 7 heteroatoms. The zero-order valence-electron chi connectivity index (χ0n) is 16.3. The normalized spacial score (nSPS) is 11.0. The molecule has 0 unspecified atom stereocenters. The average molecular weight is 390 g/mol. The fraction of sp³-hybridized carbons (Fsp3) is 0.182. The highest BCUT2D eigenvalue weighted by atomic mass is 16.5. The first kappa shape index (κ1) is 18.8. The summed E-state index contributed by atoms with van der Waals surface area (Å²) in [7, 11) is 3.26. The van der Waals surface area contributed by atoms with E-state index in [1.54, 1.807) is 31.2 Å². The van der Waals surface area contributed by atoms with Crippen LogP contribution >= 0.6 is 0 Å². The minimum absolute atomic E-state index is 0.223. The van der Waals surface area contributed by atoms with Crippen molar-refractivity contribution in [1.29, 1.82) is 0 Å². The second-order valence-electron chi connectivity index (χ2n) is 6.53. The van der Waals surface area contributed by atoms with Gasteiger partial charge < -0.3 is 19.2 Å². The summed E-state index contributed by atoms with van der Waals surface area (Å²) in [6.45, 7) is 0.906. The SMILES string of the molecule is COCCNC(=O)c1ccn(-c2ccc3ccc(-c4cccc(OC)c4)cn23)n1. The second-order valence-corrected chi connectivity index (χ2v) is 6.53. The van der Waals surface area contributed by atoms with Crippen LogP contribution in [0, 0.1) is 0 Å². The van der Waals surface area contributed by atoms with E-state index in [-0.39, 0.29) is 5.91 Å². The van der Waals surface area contributed by atoms with E-state index >= 15 is 0 Å². The van der Waals surface area contributed by atoms with Gasteiger partial charge in [0, 0.05) is 31.6 Å². The Labute approximate surface area is 168 Å². The summed E-state index contributed by atoms with van der Waals surface area (Å²) in [4.78, 5) is 12.2. The minimum Gasteiger partial charge on any atom is -0.497 e. The molecule has 4 rings (SSSR count). The molecule has 1 amide bonds. The lowest BCUT2D eigenvalue weighted by Crippen LogP contribution is -2.27. The summed E-state index contributed by atoms with van der Waals surface area (Å²) in [6, 6.07) is 17.8. The van der Waals surface area contributed by atoms with Gasteiger partial charge in [0.1, 0.15) is 11.6 Å². The number of hydrogen-bond acceptors (Lipinski definition) is 4. The van der Waals surface area contributed by atoms with Gasteiger partial charge in [-0.05, 0) is 47.5 Å². The minimum atomic E-state index is -0.223. The Morgan fingerprint density at radius 1 is 1.07 bits per heavy atom. The molecule has 1 N–H and O–H groups in total. The predicted octanol–water partition coefficient (Wildman–Crippen LogP) is 3.18. The predicted molar refractivity (Wildman–Crippen MR) is 111 cm³/mol. The zero-order valence-corrected chi connectivity index (χ0v) is 16.3. The van der Waals surface area contributed by atoms with Gasteiger partial charge in [-0.1, -0.05) is 18.2 Å². The van der Waals surface area contributed by atoms with Crippen LogP contribution in [0.15, 0.2) is 67.0 Å². The topological polar surface area (TPSA) is 69.8 Å². The van der Waals surface area contributed by atoms with Crippen molar-refractivity contribution in [2.45, 2.75) is 0 Å². The number of rotatable bonds is 7. The van der Waals surface area contributed by atoms with E-state index in [2.05, 4.69) is 33.1 Å². The highest BCUT2D eigenvalue weighted by Gasteiger charge is 2.12. The molecule has 0 saturated heterocycles. The Morgan fingerprint density at radius 3 is 2.76 bits per heavy atom. The summed E-state index contributed by atoms with van der Waals surface area (Å²) in [5, 5.41) is 7.21. The monoisotopic (exact) mass is 390 g/mol. The number of amides is 1. The van der Waals surface area contributed by atoms with Gasteiger partial charge in [0.2, 0.25) is 0 Å². The third kappa shape index (κ3) is 3.86. The van der Waals surface area contributed by atoms with E-state index in [1.807, 2.05) is 36.4 Å². The van der Waals surface area contributed by atoms with Gasteiger partial charge in [-0.15, -0.1) is 0 Å². The van der Waals surface area contributed by atoms with E-state index in [0.717, 1.165) is 28.2 Å². The number of nitrogens with one attached hydrogen (secondary N) is 1.